The molecule has 0 spiro atoms. The highest BCUT2D eigenvalue weighted by atomic mass is 19.4. The molecular weight excluding hydrogens is 415 g/mol. The summed E-state index contributed by atoms with van der Waals surface area (Å²) in [5, 5.41) is 12.1. The Morgan fingerprint density at radius 2 is 1.90 bits per heavy atom. The van der Waals surface area contributed by atoms with Gasteiger partial charge in [-0.15, -0.1) is 13.2 Å². The van der Waals surface area contributed by atoms with E-state index in [1.54, 1.807) is 24.3 Å². The predicted molar refractivity (Wildman–Crippen MR) is 106 cm³/mol. The van der Waals surface area contributed by atoms with Gasteiger partial charge in [-0.1, -0.05) is 6.07 Å². The first-order valence-electron chi connectivity index (χ1n) is 9.16. The van der Waals surface area contributed by atoms with Crippen LogP contribution in [0.3, 0.4) is 0 Å². The Hall–Kier alpha value is -3.95. The van der Waals surface area contributed by atoms with Crippen LogP contribution < -0.4 is 19.7 Å². The Morgan fingerprint density at radius 3 is 2.58 bits per heavy atom. The maximum absolute atomic E-state index is 12.8. The second kappa shape index (κ2) is 8.05. The van der Waals surface area contributed by atoms with E-state index in [0.717, 1.165) is 12.1 Å². The van der Waals surface area contributed by atoms with Crippen LogP contribution in [0.2, 0.25) is 0 Å². The number of ether oxygens (including phenoxy) is 2. The van der Waals surface area contributed by atoms with Gasteiger partial charge in [0, 0.05) is 5.69 Å². The van der Waals surface area contributed by atoms with Gasteiger partial charge in [0.1, 0.15) is 23.9 Å². The first kappa shape index (κ1) is 20.3. The summed E-state index contributed by atoms with van der Waals surface area (Å²) in [7, 11) is 0. The van der Waals surface area contributed by atoms with Gasteiger partial charge in [0.2, 0.25) is 0 Å². The Bertz CT molecular complexity index is 1090. The van der Waals surface area contributed by atoms with Crippen molar-refractivity contribution < 1.29 is 32.5 Å². The predicted octanol–water partition coefficient (Wildman–Crippen LogP) is 4.47. The highest BCUT2D eigenvalue weighted by Gasteiger charge is 2.31. The number of rotatable bonds is 4. The first-order valence-corrected chi connectivity index (χ1v) is 9.16. The van der Waals surface area contributed by atoms with E-state index in [4.69, 9.17) is 4.74 Å². The lowest BCUT2D eigenvalue weighted by molar-refractivity contribution is -0.274. The Morgan fingerprint density at radius 1 is 1.13 bits per heavy atom. The summed E-state index contributed by atoms with van der Waals surface area (Å²) < 4.78 is 46.4. The van der Waals surface area contributed by atoms with E-state index >= 15 is 0 Å². The smallest absolute Gasteiger partial charge is 0.506 e. The molecule has 10 heteroatoms. The molecule has 1 aromatic heterocycles. The summed E-state index contributed by atoms with van der Waals surface area (Å²) in [6.07, 6.45) is -3.46. The quantitative estimate of drug-likeness (QED) is 0.634. The van der Waals surface area contributed by atoms with Gasteiger partial charge in [0.25, 0.3) is 5.91 Å². The second-order valence-corrected chi connectivity index (χ2v) is 6.55. The number of nitrogens with one attached hydrogen (secondary N) is 1. The summed E-state index contributed by atoms with van der Waals surface area (Å²) in [5.74, 6) is 0.111. The van der Waals surface area contributed by atoms with Crippen molar-refractivity contribution in [3.05, 3.63) is 66.4 Å². The fraction of sp³-hybridized carbons (Fsp3) is 0.143. The van der Waals surface area contributed by atoms with E-state index in [1.807, 2.05) is 4.90 Å². The highest BCUT2D eigenvalue weighted by molar-refractivity contribution is 6.07. The van der Waals surface area contributed by atoms with Crippen LogP contribution in [0.1, 0.15) is 10.4 Å². The van der Waals surface area contributed by atoms with E-state index in [-0.39, 0.29) is 17.1 Å². The van der Waals surface area contributed by atoms with Crippen LogP contribution in [0.15, 0.2) is 60.8 Å². The van der Waals surface area contributed by atoms with Crippen molar-refractivity contribution in [2.24, 2.45) is 0 Å². The van der Waals surface area contributed by atoms with Gasteiger partial charge >= 0.3 is 6.36 Å². The van der Waals surface area contributed by atoms with Gasteiger partial charge in [-0.3, -0.25) is 4.79 Å². The van der Waals surface area contributed by atoms with Gasteiger partial charge in [-0.25, -0.2) is 4.98 Å². The van der Waals surface area contributed by atoms with Crippen molar-refractivity contribution in [3.63, 3.8) is 0 Å². The SMILES string of the molecule is O=C(Nc1ccc(OC(F)(F)F)cc1)c1cccc2c1OCCN2c1ccc(O)cn1. The number of carbonyl (C=O) groups is 1. The Balaban J connectivity index is 1.56. The number of halogens is 3. The number of nitrogens with zero attached hydrogens (tertiary/aromatic N) is 2. The number of aromatic hydroxyl groups is 1. The second-order valence-electron chi connectivity index (χ2n) is 6.55. The third-order valence-electron chi connectivity index (χ3n) is 4.45. The summed E-state index contributed by atoms with van der Waals surface area (Å²) in [5.41, 5.74) is 1.19. The lowest BCUT2D eigenvalue weighted by Crippen LogP contribution is -2.30. The molecule has 160 valence electrons. The molecule has 1 aliphatic heterocycles. The average Bonchev–Trinajstić information content (AvgIpc) is 2.74. The number of hydrogen-bond acceptors (Lipinski definition) is 6. The van der Waals surface area contributed by atoms with Gasteiger partial charge in [0.05, 0.1) is 24.0 Å². The lowest BCUT2D eigenvalue weighted by Gasteiger charge is -2.31. The van der Waals surface area contributed by atoms with Crippen molar-refractivity contribution in [1.82, 2.24) is 4.98 Å². The molecule has 0 radical (unpaired) electrons. The lowest BCUT2D eigenvalue weighted by atomic mass is 10.1. The molecule has 1 aliphatic rings. The fourth-order valence-corrected chi connectivity index (χ4v) is 3.14. The number of anilines is 3. The Kier molecular flexibility index (Phi) is 5.28. The van der Waals surface area contributed by atoms with Crippen LogP contribution in [-0.2, 0) is 0 Å². The molecule has 0 fully saturated rings. The van der Waals surface area contributed by atoms with Crippen LogP contribution in [0.4, 0.5) is 30.4 Å². The summed E-state index contributed by atoms with van der Waals surface area (Å²) in [6.45, 7) is 0.805. The van der Waals surface area contributed by atoms with Gasteiger partial charge in [0.15, 0.2) is 5.75 Å². The van der Waals surface area contributed by atoms with Crippen molar-refractivity contribution in [2.75, 3.05) is 23.4 Å². The molecular formula is C21H16F3N3O4. The van der Waals surface area contributed by atoms with Crippen molar-refractivity contribution in [3.8, 4) is 17.2 Å². The molecule has 3 aromatic rings. The Labute approximate surface area is 174 Å². The van der Waals surface area contributed by atoms with Gasteiger partial charge in [-0.2, -0.15) is 0 Å². The van der Waals surface area contributed by atoms with Crippen LogP contribution in [0.5, 0.6) is 17.2 Å². The first-order chi connectivity index (χ1) is 14.8. The normalized spacial score (nSPS) is 13.2. The van der Waals surface area contributed by atoms with Crippen LogP contribution in [0.25, 0.3) is 0 Å². The standard InChI is InChI=1S/C21H16F3N3O4/c22-21(23,24)31-15-7-4-13(5-8-15)26-20(29)16-2-1-3-17-19(16)30-11-10-27(17)18-9-6-14(28)12-25-18/h1-9,12,28H,10-11H2,(H,26,29). The molecule has 0 atom stereocenters. The zero-order chi connectivity index (χ0) is 22.0. The number of alkyl halides is 3. The van der Waals surface area contributed by atoms with E-state index in [1.165, 1.54) is 24.4 Å². The van der Waals surface area contributed by atoms with E-state index in [9.17, 15) is 23.1 Å². The minimum absolute atomic E-state index is 0.0389. The van der Waals surface area contributed by atoms with E-state index < -0.39 is 12.3 Å². The number of carbonyl (C=O) groups excluding carboxylic acids is 1. The molecule has 2 heterocycles. The summed E-state index contributed by atoms with van der Waals surface area (Å²) in [6, 6.07) is 13.1. The van der Waals surface area contributed by atoms with Crippen molar-refractivity contribution in [2.45, 2.75) is 6.36 Å². The minimum Gasteiger partial charge on any atom is -0.506 e. The van der Waals surface area contributed by atoms with Crippen molar-refractivity contribution in [1.29, 1.82) is 0 Å². The molecule has 1 amide bonds. The van der Waals surface area contributed by atoms with Crippen LogP contribution in [-0.4, -0.2) is 35.5 Å². The molecule has 0 aliphatic carbocycles. The molecule has 0 unspecified atom stereocenters. The molecule has 2 N–H and O–H groups in total. The van der Waals surface area contributed by atoms with Crippen LogP contribution >= 0.6 is 0 Å². The topological polar surface area (TPSA) is 83.9 Å². The van der Waals surface area contributed by atoms with Gasteiger partial charge in [-0.05, 0) is 48.5 Å². The summed E-state index contributed by atoms with van der Waals surface area (Å²) >= 11 is 0. The van der Waals surface area contributed by atoms with E-state index in [2.05, 4.69) is 15.0 Å². The number of aromatic nitrogens is 1. The number of pyridine rings is 1. The third kappa shape index (κ3) is 4.63. The van der Waals surface area contributed by atoms with Gasteiger partial charge < -0.3 is 24.8 Å². The number of benzene rings is 2. The zero-order valence-corrected chi connectivity index (χ0v) is 15.9. The highest BCUT2D eigenvalue weighted by Crippen LogP contribution is 2.39. The molecule has 2 aromatic carbocycles. The molecule has 0 saturated carbocycles. The fourth-order valence-electron chi connectivity index (χ4n) is 3.14. The average molecular weight is 431 g/mol. The molecule has 0 bridgehead atoms. The van der Waals surface area contributed by atoms with Crippen LogP contribution in [0, 0.1) is 0 Å². The monoisotopic (exact) mass is 431 g/mol. The maximum Gasteiger partial charge on any atom is 0.573 e. The minimum atomic E-state index is -4.79. The maximum atomic E-state index is 12.8. The number of fused-ring (bicyclic) bond motifs is 1. The third-order valence-corrected chi connectivity index (χ3v) is 4.45. The largest absolute Gasteiger partial charge is 0.573 e. The zero-order valence-electron chi connectivity index (χ0n) is 15.9. The number of amides is 1. The van der Waals surface area contributed by atoms with E-state index in [0.29, 0.717) is 36.1 Å². The van der Waals surface area contributed by atoms with Crippen molar-refractivity contribution >= 4 is 23.1 Å². The molecule has 7 nitrogen and oxygen atoms in total. The summed E-state index contributed by atoms with van der Waals surface area (Å²) in [4.78, 5) is 18.9. The number of para-hydroxylation sites is 1. The molecule has 31 heavy (non-hydrogen) atoms. The molecule has 0 saturated heterocycles. The number of hydrogen-bond donors (Lipinski definition) is 2. The molecule has 4 rings (SSSR count).